The molecule has 29 heavy (non-hydrogen) atoms. The lowest BCUT2D eigenvalue weighted by molar-refractivity contribution is -0.389. The summed E-state index contributed by atoms with van der Waals surface area (Å²) in [5.41, 5.74) is -0.0810. The molecule has 8 nitrogen and oxygen atoms in total. The van der Waals surface area contributed by atoms with Crippen LogP contribution in [-0.2, 0) is 24.1 Å². The van der Waals surface area contributed by atoms with Crippen LogP contribution in [0.25, 0.3) is 0 Å². The highest BCUT2D eigenvalue weighted by molar-refractivity contribution is 5.76. The topological polar surface area (TPSA) is 84.5 Å². The van der Waals surface area contributed by atoms with Gasteiger partial charge in [0.15, 0.2) is 0 Å². The van der Waals surface area contributed by atoms with E-state index in [9.17, 15) is 28.1 Å². The lowest BCUT2D eigenvalue weighted by Gasteiger charge is -2.34. The quantitative estimate of drug-likeness (QED) is 0.539. The van der Waals surface area contributed by atoms with Crippen LogP contribution in [0.15, 0.2) is 36.5 Å². The van der Waals surface area contributed by atoms with Crippen LogP contribution in [0.1, 0.15) is 17.5 Å². The van der Waals surface area contributed by atoms with Gasteiger partial charge in [-0.05, 0) is 16.6 Å². The molecule has 0 N–H and O–H groups in total. The highest BCUT2D eigenvalue weighted by Gasteiger charge is 2.30. The Morgan fingerprint density at radius 2 is 1.90 bits per heavy atom. The number of halogens is 3. The molecule has 0 saturated carbocycles. The van der Waals surface area contributed by atoms with E-state index < -0.39 is 16.7 Å². The summed E-state index contributed by atoms with van der Waals surface area (Å²) in [5, 5.41) is 14.4. The number of rotatable bonds is 6. The van der Waals surface area contributed by atoms with Gasteiger partial charge in [-0.2, -0.15) is 17.9 Å². The molecular weight excluding hydrogens is 391 g/mol. The highest BCUT2D eigenvalue weighted by Crippen LogP contribution is 2.29. The van der Waals surface area contributed by atoms with E-state index in [4.69, 9.17) is 0 Å². The third kappa shape index (κ3) is 5.53. The average Bonchev–Trinajstić information content (AvgIpc) is 3.16. The van der Waals surface area contributed by atoms with Crippen LogP contribution in [0.4, 0.5) is 19.0 Å². The monoisotopic (exact) mass is 411 g/mol. The van der Waals surface area contributed by atoms with Gasteiger partial charge in [-0.25, -0.2) is 0 Å². The number of hydrogen-bond acceptors (Lipinski definition) is 5. The third-order valence-corrected chi connectivity index (χ3v) is 4.75. The molecule has 3 rings (SSSR count). The number of aromatic nitrogens is 2. The van der Waals surface area contributed by atoms with Crippen molar-refractivity contribution in [1.82, 2.24) is 19.6 Å². The summed E-state index contributed by atoms with van der Waals surface area (Å²) in [6, 6.07) is 6.54. The Hall–Kier alpha value is -2.95. The minimum absolute atomic E-state index is 0.0816. The van der Waals surface area contributed by atoms with Crippen LogP contribution in [0, 0.1) is 10.1 Å². The Balaban J connectivity index is 1.46. The van der Waals surface area contributed by atoms with Crippen molar-refractivity contribution in [2.75, 3.05) is 26.2 Å². The summed E-state index contributed by atoms with van der Waals surface area (Å²) >= 11 is 0. The van der Waals surface area contributed by atoms with Gasteiger partial charge in [0.2, 0.25) is 5.91 Å². The van der Waals surface area contributed by atoms with Gasteiger partial charge in [0, 0.05) is 39.1 Å². The standard InChI is InChI=1S/C18H20F3N5O3/c19-18(20,21)15-3-1-2-14(12-15)13-23-8-10-24(11-9-23)17(27)5-7-25-6-4-16(22-25)26(28)29/h1-4,6,12H,5,7-11,13H2. The first-order valence-corrected chi connectivity index (χ1v) is 9.06. The average molecular weight is 411 g/mol. The molecular formula is C18H20F3N5O3. The Kier molecular flexibility index (Phi) is 6.16. The molecule has 2 aromatic rings. The zero-order valence-corrected chi connectivity index (χ0v) is 15.5. The Morgan fingerprint density at radius 3 is 2.52 bits per heavy atom. The van der Waals surface area contributed by atoms with Crippen molar-refractivity contribution < 1.29 is 22.9 Å². The number of nitrogens with zero attached hydrogens (tertiary/aromatic N) is 5. The molecule has 1 aliphatic rings. The van der Waals surface area contributed by atoms with Crippen molar-refractivity contribution in [1.29, 1.82) is 0 Å². The van der Waals surface area contributed by atoms with Gasteiger partial charge in [0.25, 0.3) is 0 Å². The van der Waals surface area contributed by atoms with Gasteiger partial charge < -0.3 is 15.0 Å². The summed E-state index contributed by atoms with van der Waals surface area (Å²) < 4.78 is 39.8. The molecule has 1 aliphatic heterocycles. The van der Waals surface area contributed by atoms with E-state index in [0.717, 1.165) is 12.1 Å². The summed E-state index contributed by atoms with van der Waals surface area (Å²) in [4.78, 5) is 26.1. The van der Waals surface area contributed by atoms with Crippen LogP contribution in [0.3, 0.4) is 0 Å². The van der Waals surface area contributed by atoms with Crippen molar-refractivity contribution >= 4 is 11.7 Å². The Morgan fingerprint density at radius 1 is 1.17 bits per heavy atom. The van der Waals surface area contributed by atoms with Crippen molar-refractivity contribution in [2.24, 2.45) is 0 Å². The van der Waals surface area contributed by atoms with Crippen molar-refractivity contribution in [3.8, 4) is 0 Å². The zero-order valence-electron chi connectivity index (χ0n) is 15.5. The summed E-state index contributed by atoms with van der Waals surface area (Å²) in [6.07, 6.45) is -2.74. The first-order valence-electron chi connectivity index (χ1n) is 9.06. The number of amides is 1. The molecule has 0 aliphatic carbocycles. The molecule has 1 aromatic heterocycles. The molecule has 2 heterocycles. The maximum Gasteiger partial charge on any atom is 0.416 e. The zero-order chi connectivity index (χ0) is 21.0. The first kappa shape index (κ1) is 20.8. The van der Waals surface area contributed by atoms with Gasteiger partial charge >= 0.3 is 12.0 Å². The number of benzene rings is 1. The van der Waals surface area contributed by atoms with Gasteiger partial charge in [-0.15, -0.1) is 0 Å². The van der Waals surface area contributed by atoms with E-state index in [1.54, 1.807) is 11.0 Å². The molecule has 1 saturated heterocycles. The SMILES string of the molecule is O=C(CCn1ccc([N+](=O)[O-])n1)N1CCN(Cc2cccc(C(F)(F)F)c2)CC1. The van der Waals surface area contributed by atoms with E-state index in [1.165, 1.54) is 23.0 Å². The summed E-state index contributed by atoms with van der Waals surface area (Å²) in [5.74, 6) is -0.345. The number of hydrogen-bond donors (Lipinski definition) is 0. The highest BCUT2D eigenvalue weighted by atomic mass is 19.4. The van der Waals surface area contributed by atoms with Crippen molar-refractivity contribution in [2.45, 2.75) is 25.7 Å². The van der Waals surface area contributed by atoms with Crippen LogP contribution in [0.5, 0.6) is 0 Å². The van der Waals surface area contributed by atoms with Crippen LogP contribution in [0.2, 0.25) is 0 Å². The summed E-state index contributed by atoms with van der Waals surface area (Å²) in [6.45, 7) is 2.73. The Bertz CT molecular complexity index is 876. The smallest absolute Gasteiger partial charge is 0.358 e. The minimum atomic E-state index is -4.36. The number of aryl methyl sites for hydroxylation is 1. The van der Waals surface area contributed by atoms with E-state index in [0.29, 0.717) is 38.3 Å². The van der Waals surface area contributed by atoms with Gasteiger partial charge in [0.1, 0.15) is 0 Å². The van der Waals surface area contributed by atoms with Gasteiger partial charge in [0.05, 0.1) is 29.5 Å². The van der Waals surface area contributed by atoms with Crippen LogP contribution in [-0.4, -0.2) is 56.6 Å². The molecule has 1 aromatic carbocycles. The summed E-state index contributed by atoms with van der Waals surface area (Å²) in [7, 11) is 0. The minimum Gasteiger partial charge on any atom is -0.358 e. The van der Waals surface area contributed by atoms with E-state index in [1.807, 2.05) is 4.90 Å². The van der Waals surface area contributed by atoms with Crippen molar-refractivity contribution in [3.63, 3.8) is 0 Å². The molecule has 0 atom stereocenters. The maximum absolute atomic E-state index is 12.8. The number of nitro groups is 1. The lowest BCUT2D eigenvalue weighted by atomic mass is 10.1. The normalized spacial score (nSPS) is 15.5. The largest absolute Gasteiger partial charge is 0.416 e. The number of carbonyl (C=O) groups excluding carboxylic acids is 1. The predicted octanol–water partition coefficient (Wildman–Crippen LogP) is 2.54. The first-order chi connectivity index (χ1) is 13.7. The second kappa shape index (κ2) is 8.60. The van der Waals surface area contributed by atoms with E-state index >= 15 is 0 Å². The number of piperazine rings is 1. The second-order valence-corrected chi connectivity index (χ2v) is 6.80. The third-order valence-electron chi connectivity index (χ3n) is 4.75. The maximum atomic E-state index is 12.8. The van der Waals surface area contributed by atoms with Gasteiger partial charge in [-0.1, -0.05) is 18.2 Å². The lowest BCUT2D eigenvalue weighted by Crippen LogP contribution is -2.48. The molecule has 0 spiro atoms. The number of carbonyl (C=O) groups is 1. The fourth-order valence-corrected chi connectivity index (χ4v) is 3.20. The molecule has 1 amide bonds. The van der Waals surface area contributed by atoms with Crippen LogP contribution >= 0.6 is 0 Å². The predicted molar refractivity (Wildman–Crippen MR) is 96.8 cm³/mol. The fourth-order valence-electron chi connectivity index (χ4n) is 3.20. The second-order valence-electron chi connectivity index (χ2n) is 6.80. The van der Waals surface area contributed by atoms with E-state index in [-0.39, 0.29) is 24.7 Å². The fraction of sp³-hybridized carbons (Fsp3) is 0.444. The van der Waals surface area contributed by atoms with Crippen LogP contribution < -0.4 is 0 Å². The molecule has 156 valence electrons. The van der Waals surface area contributed by atoms with E-state index in [2.05, 4.69) is 5.10 Å². The molecule has 11 heteroatoms. The van der Waals surface area contributed by atoms with Crippen molar-refractivity contribution in [3.05, 3.63) is 57.8 Å². The molecule has 0 radical (unpaired) electrons. The molecule has 0 unspecified atom stereocenters. The Labute approximate surface area is 164 Å². The molecule has 1 fully saturated rings. The number of alkyl halides is 3. The molecule has 0 bridgehead atoms. The van der Waals surface area contributed by atoms with Gasteiger partial charge in [-0.3, -0.25) is 9.69 Å².